The molecule has 2 heterocycles. The molecule has 8 nitrogen and oxygen atoms in total. The Bertz CT molecular complexity index is 1330. The zero-order valence-electron chi connectivity index (χ0n) is 22.0. The van der Waals surface area contributed by atoms with Gasteiger partial charge in [0.15, 0.2) is 9.84 Å². The van der Waals surface area contributed by atoms with Gasteiger partial charge in [-0.1, -0.05) is 12.1 Å². The SMILES string of the molecule is CCOC(=O)C1CC2CCN(C(=O)c3ccc(NC(=O)Cc4ccc(S(=O)(=O)CC5CC5)cc4)cc3)CC2S1.[HH]. The Kier molecular flexibility index (Phi) is 8.32. The summed E-state index contributed by atoms with van der Waals surface area (Å²) in [5.74, 6) is 0.475. The van der Waals surface area contributed by atoms with Crippen LogP contribution in [0.15, 0.2) is 53.4 Å². The monoisotopic (exact) mass is 572 g/mol. The number of piperidine rings is 1. The number of amides is 2. The van der Waals surface area contributed by atoms with Gasteiger partial charge < -0.3 is 15.0 Å². The Balaban J connectivity index is 0.00000370. The van der Waals surface area contributed by atoms with Gasteiger partial charge in [0.05, 0.1) is 23.7 Å². The number of benzene rings is 2. The minimum atomic E-state index is -3.27. The Morgan fingerprint density at radius 1 is 1.05 bits per heavy atom. The molecule has 2 amide bonds. The first kappa shape index (κ1) is 27.7. The van der Waals surface area contributed by atoms with E-state index in [-0.39, 0.29) is 47.8 Å². The molecule has 3 fully saturated rings. The third kappa shape index (κ3) is 6.84. The normalized spacial score (nSPS) is 22.7. The number of fused-ring (bicyclic) bond motifs is 1. The van der Waals surface area contributed by atoms with E-state index < -0.39 is 9.84 Å². The summed E-state index contributed by atoms with van der Waals surface area (Å²) in [6.45, 7) is 3.47. The fourth-order valence-corrected chi connectivity index (χ4v) is 8.67. The summed E-state index contributed by atoms with van der Waals surface area (Å²) in [5.41, 5.74) is 1.87. The summed E-state index contributed by atoms with van der Waals surface area (Å²) in [7, 11) is -3.27. The number of thioether (sulfide) groups is 1. The molecule has 3 aliphatic rings. The predicted molar refractivity (Wildman–Crippen MR) is 153 cm³/mol. The van der Waals surface area contributed by atoms with Crippen LogP contribution in [0, 0.1) is 11.8 Å². The standard InChI is InChI=1S/C29H34N2O6S2.H2/c1-2-37-29(34)25-16-22-13-14-31(17-26(22)38-25)28(33)21-7-9-23(10-8-21)30-27(32)15-19-5-11-24(12-6-19)39(35,36)18-20-3-4-20;/h5-12,20,22,25-26H,2-4,13-18H2,1H3,(H,30,32);1H. The Morgan fingerprint density at radius 2 is 1.77 bits per heavy atom. The van der Waals surface area contributed by atoms with Crippen LogP contribution >= 0.6 is 11.8 Å². The molecule has 2 aliphatic heterocycles. The van der Waals surface area contributed by atoms with Crippen molar-refractivity contribution in [3.05, 3.63) is 59.7 Å². The highest BCUT2D eigenvalue weighted by molar-refractivity contribution is 8.01. The summed E-state index contributed by atoms with van der Waals surface area (Å²) < 4.78 is 30.0. The summed E-state index contributed by atoms with van der Waals surface area (Å²) in [6.07, 6.45) is 3.76. The van der Waals surface area contributed by atoms with Crippen LogP contribution in [0.4, 0.5) is 5.69 Å². The number of hydrogen-bond donors (Lipinski definition) is 1. The third-order valence-electron chi connectivity index (χ3n) is 7.60. The van der Waals surface area contributed by atoms with Crippen molar-refractivity contribution in [2.75, 3.05) is 30.8 Å². The molecule has 2 aromatic rings. The van der Waals surface area contributed by atoms with Gasteiger partial charge >= 0.3 is 5.97 Å². The number of nitrogens with zero attached hydrogens (tertiary/aromatic N) is 1. The number of hydrogen-bond acceptors (Lipinski definition) is 7. The molecule has 2 aromatic carbocycles. The molecule has 3 unspecified atom stereocenters. The number of nitrogens with one attached hydrogen (secondary N) is 1. The first-order chi connectivity index (χ1) is 18.7. The number of carbonyl (C=O) groups is 3. The van der Waals surface area contributed by atoms with E-state index in [1.807, 2.05) is 11.8 Å². The fourth-order valence-electron chi connectivity index (χ4n) is 5.28. The highest BCUT2D eigenvalue weighted by atomic mass is 32.2. The molecular formula is C29H36N2O6S2. The van der Waals surface area contributed by atoms with Crippen LogP contribution in [-0.2, 0) is 30.6 Å². The maximum absolute atomic E-state index is 13.1. The van der Waals surface area contributed by atoms with Crippen LogP contribution in [-0.4, -0.2) is 67.1 Å². The molecule has 1 saturated carbocycles. The molecule has 5 rings (SSSR count). The number of anilines is 1. The van der Waals surface area contributed by atoms with E-state index in [0.29, 0.717) is 41.8 Å². The van der Waals surface area contributed by atoms with Crippen molar-refractivity contribution in [3.8, 4) is 0 Å². The molecule has 3 atom stereocenters. The first-order valence-electron chi connectivity index (χ1n) is 13.5. The average Bonchev–Trinajstić information content (AvgIpc) is 3.61. The maximum atomic E-state index is 13.1. The molecule has 0 radical (unpaired) electrons. The van der Waals surface area contributed by atoms with Gasteiger partial charge in [-0.15, -0.1) is 11.8 Å². The summed E-state index contributed by atoms with van der Waals surface area (Å²) in [6, 6.07) is 13.4. The van der Waals surface area contributed by atoms with Gasteiger partial charge in [0.2, 0.25) is 5.91 Å². The Hall–Kier alpha value is -2.85. The van der Waals surface area contributed by atoms with Gasteiger partial charge in [-0.2, -0.15) is 0 Å². The van der Waals surface area contributed by atoms with E-state index in [4.69, 9.17) is 4.74 Å². The lowest BCUT2D eigenvalue weighted by Crippen LogP contribution is -2.43. The van der Waals surface area contributed by atoms with Crippen LogP contribution in [0.2, 0.25) is 0 Å². The zero-order valence-corrected chi connectivity index (χ0v) is 23.6. The highest BCUT2D eigenvalue weighted by Crippen LogP contribution is 2.43. The smallest absolute Gasteiger partial charge is 0.319 e. The quantitative estimate of drug-likeness (QED) is 0.449. The Morgan fingerprint density at radius 3 is 2.44 bits per heavy atom. The van der Waals surface area contributed by atoms with Crippen LogP contribution in [0.3, 0.4) is 0 Å². The van der Waals surface area contributed by atoms with Crippen molar-refractivity contribution in [3.63, 3.8) is 0 Å². The van der Waals surface area contributed by atoms with Crippen molar-refractivity contribution < 1.29 is 29.0 Å². The number of esters is 1. The largest absolute Gasteiger partial charge is 0.465 e. The van der Waals surface area contributed by atoms with Gasteiger partial charge in [-0.25, -0.2) is 8.42 Å². The van der Waals surface area contributed by atoms with Crippen molar-refractivity contribution in [1.82, 2.24) is 4.90 Å². The molecule has 2 saturated heterocycles. The van der Waals surface area contributed by atoms with Crippen LogP contribution in [0.25, 0.3) is 0 Å². The van der Waals surface area contributed by atoms with E-state index in [1.54, 1.807) is 60.3 Å². The van der Waals surface area contributed by atoms with E-state index in [0.717, 1.165) is 31.2 Å². The zero-order chi connectivity index (χ0) is 27.6. The van der Waals surface area contributed by atoms with Gasteiger partial charge in [0.1, 0.15) is 5.25 Å². The molecule has 10 heteroatoms. The molecule has 1 aliphatic carbocycles. The summed E-state index contributed by atoms with van der Waals surface area (Å²) >= 11 is 1.63. The second-order valence-electron chi connectivity index (χ2n) is 10.6. The van der Waals surface area contributed by atoms with Crippen LogP contribution < -0.4 is 5.32 Å². The van der Waals surface area contributed by atoms with Gasteiger partial charge in [-0.3, -0.25) is 14.4 Å². The summed E-state index contributed by atoms with van der Waals surface area (Å²) in [5, 5.41) is 2.94. The topological polar surface area (TPSA) is 110 Å². The number of rotatable bonds is 9. The minimum Gasteiger partial charge on any atom is -0.465 e. The maximum Gasteiger partial charge on any atom is 0.319 e. The van der Waals surface area contributed by atoms with Crippen molar-refractivity contribution in [2.24, 2.45) is 11.8 Å². The van der Waals surface area contributed by atoms with Gasteiger partial charge in [0, 0.05) is 31.0 Å². The van der Waals surface area contributed by atoms with E-state index >= 15 is 0 Å². The lowest BCUT2D eigenvalue weighted by Gasteiger charge is -2.34. The number of sulfone groups is 1. The first-order valence-corrected chi connectivity index (χ1v) is 16.1. The predicted octanol–water partition coefficient (Wildman–Crippen LogP) is 4.20. The molecule has 0 spiro atoms. The van der Waals surface area contributed by atoms with Crippen molar-refractivity contribution in [1.29, 1.82) is 0 Å². The fraction of sp³-hybridized carbons (Fsp3) is 0.483. The second kappa shape index (κ2) is 11.7. The van der Waals surface area contributed by atoms with Gasteiger partial charge in [-0.05, 0) is 86.4 Å². The highest BCUT2D eigenvalue weighted by Gasteiger charge is 2.43. The third-order valence-corrected chi connectivity index (χ3v) is 11.1. The van der Waals surface area contributed by atoms with Gasteiger partial charge in [0.25, 0.3) is 5.91 Å². The van der Waals surface area contributed by atoms with Crippen molar-refractivity contribution >= 4 is 45.1 Å². The van der Waals surface area contributed by atoms with E-state index in [2.05, 4.69) is 5.32 Å². The molecule has 39 heavy (non-hydrogen) atoms. The summed E-state index contributed by atoms with van der Waals surface area (Å²) in [4.78, 5) is 40.0. The molecule has 0 bridgehead atoms. The van der Waals surface area contributed by atoms with Crippen molar-refractivity contribution in [2.45, 2.75) is 54.4 Å². The van der Waals surface area contributed by atoms with E-state index in [9.17, 15) is 22.8 Å². The Labute approximate surface area is 235 Å². The molecule has 0 aromatic heterocycles. The van der Waals surface area contributed by atoms with E-state index in [1.165, 1.54) is 0 Å². The molecule has 210 valence electrons. The number of carbonyl (C=O) groups excluding carboxylic acids is 3. The van der Waals surface area contributed by atoms with Crippen LogP contribution in [0.1, 0.15) is 50.0 Å². The molecular weight excluding hydrogens is 536 g/mol. The lowest BCUT2D eigenvalue weighted by atomic mass is 9.92. The average molecular weight is 573 g/mol. The molecule has 1 N–H and O–H groups in total. The lowest BCUT2D eigenvalue weighted by molar-refractivity contribution is -0.142. The second-order valence-corrected chi connectivity index (χ2v) is 14.1. The van der Waals surface area contributed by atoms with Crippen LogP contribution in [0.5, 0.6) is 0 Å². The minimum absolute atomic E-state index is 0. The number of likely N-dealkylation sites (tertiary alicyclic amines) is 1. The number of ether oxygens (including phenoxy) is 1.